The molecule has 0 saturated carbocycles. The molecule has 0 unspecified atom stereocenters. The van der Waals surface area contributed by atoms with Crippen LogP contribution in [0.5, 0.6) is 11.5 Å². The van der Waals surface area contributed by atoms with Crippen LogP contribution in [0.15, 0.2) is 66.2 Å². The van der Waals surface area contributed by atoms with Gasteiger partial charge in [-0.05, 0) is 79.6 Å². The number of urea groups is 1. The van der Waals surface area contributed by atoms with Crippen molar-refractivity contribution in [2.75, 3.05) is 23.4 Å². The van der Waals surface area contributed by atoms with Gasteiger partial charge in [-0.2, -0.15) is 0 Å². The van der Waals surface area contributed by atoms with Crippen LogP contribution < -0.4 is 25.0 Å². The molecule has 2 N–H and O–H groups in total. The zero-order valence-electron chi connectivity index (χ0n) is 20.9. The number of hydrogen-bond donors (Lipinski definition) is 2. The van der Waals surface area contributed by atoms with E-state index in [9.17, 15) is 19.2 Å². The first-order chi connectivity index (χ1) is 18.7. The van der Waals surface area contributed by atoms with Gasteiger partial charge in [-0.3, -0.25) is 19.7 Å². The van der Waals surface area contributed by atoms with Gasteiger partial charge in [-0.1, -0.05) is 35.3 Å². The van der Waals surface area contributed by atoms with E-state index < -0.39 is 23.8 Å². The van der Waals surface area contributed by atoms with Gasteiger partial charge in [0.1, 0.15) is 5.57 Å². The van der Waals surface area contributed by atoms with Gasteiger partial charge in [0, 0.05) is 15.7 Å². The van der Waals surface area contributed by atoms with Crippen LogP contribution in [0.3, 0.4) is 0 Å². The highest BCUT2D eigenvalue weighted by Gasteiger charge is 2.36. The number of amides is 5. The number of imide groups is 2. The minimum Gasteiger partial charge on any atom is -0.490 e. The molecule has 1 heterocycles. The van der Waals surface area contributed by atoms with Crippen molar-refractivity contribution in [1.29, 1.82) is 0 Å². The third-order valence-corrected chi connectivity index (χ3v) is 6.24. The normalized spacial score (nSPS) is 14.3. The number of halogens is 2. The number of nitrogens with zero attached hydrogens (tertiary/aromatic N) is 1. The predicted octanol–water partition coefficient (Wildman–Crippen LogP) is 5.38. The van der Waals surface area contributed by atoms with Crippen LogP contribution in [-0.4, -0.2) is 37.0 Å². The number of ether oxygens (including phenoxy) is 2. The van der Waals surface area contributed by atoms with Crippen molar-refractivity contribution >= 4 is 64.4 Å². The quantitative estimate of drug-likeness (QED) is 0.279. The molecule has 0 bridgehead atoms. The molecule has 0 aromatic heterocycles. The number of hydrogen-bond acceptors (Lipinski definition) is 6. The van der Waals surface area contributed by atoms with Crippen molar-refractivity contribution in [3.8, 4) is 11.5 Å². The maximum Gasteiger partial charge on any atom is 0.335 e. The van der Waals surface area contributed by atoms with Crippen LogP contribution in [0, 0.1) is 6.92 Å². The summed E-state index contributed by atoms with van der Waals surface area (Å²) in [6, 6.07) is 15.1. The fraction of sp³-hybridized carbons (Fsp3) is 0.143. The van der Waals surface area contributed by atoms with E-state index >= 15 is 0 Å². The first-order valence-electron chi connectivity index (χ1n) is 11.8. The van der Waals surface area contributed by atoms with Gasteiger partial charge in [-0.25, -0.2) is 9.69 Å². The van der Waals surface area contributed by atoms with Crippen LogP contribution in [-0.2, 0) is 14.4 Å². The van der Waals surface area contributed by atoms with E-state index in [2.05, 4.69) is 10.6 Å². The summed E-state index contributed by atoms with van der Waals surface area (Å²) in [5.74, 6) is -1.44. The third-order valence-electron chi connectivity index (χ3n) is 5.58. The number of anilines is 2. The number of aryl methyl sites for hydroxylation is 1. The number of carbonyl (C=O) groups is 4. The van der Waals surface area contributed by atoms with Crippen LogP contribution in [0.1, 0.15) is 18.1 Å². The summed E-state index contributed by atoms with van der Waals surface area (Å²) >= 11 is 12.0. The Kier molecular flexibility index (Phi) is 8.53. The maximum absolute atomic E-state index is 13.1. The molecule has 1 aliphatic rings. The van der Waals surface area contributed by atoms with Gasteiger partial charge in [0.25, 0.3) is 17.7 Å². The molecule has 5 amide bonds. The highest BCUT2D eigenvalue weighted by molar-refractivity contribution is 6.39. The minimum absolute atomic E-state index is 0.253. The van der Waals surface area contributed by atoms with Crippen molar-refractivity contribution in [3.05, 3.63) is 87.4 Å². The second-order valence-corrected chi connectivity index (χ2v) is 9.22. The molecule has 0 atom stereocenters. The van der Waals surface area contributed by atoms with Gasteiger partial charge in [0.15, 0.2) is 18.1 Å². The Balaban J connectivity index is 1.52. The SMILES string of the molecule is CCOc1cc(/C=C2/C(=O)NC(=O)N(c3ccc(Cl)cc3)C2=O)ccc1OCC(=O)Nc1ccc(C)c(Cl)c1. The standard InChI is InChI=1S/C28H23Cl2N3O6/c1-3-38-24-13-17(5-11-23(24)39-15-25(34)31-19-8-4-16(2)22(30)14-19)12-21-26(35)32-28(37)33(27(21)36)20-9-6-18(29)7-10-20/h4-14H,3,15H2,1-2H3,(H,31,34)(H,32,35,37)/b21-12-. The van der Waals surface area contributed by atoms with E-state index in [0.29, 0.717) is 33.7 Å². The monoisotopic (exact) mass is 567 g/mol. The Labute approximate surface area is 234 Å². The predicted molar refractivity (Wildman–Crippen MR) is 148 cm³/mol. The van der Waals surface area contributed by atoms with Gasteiger partial charge in [0.05, 0.1) is 12.3 Å². The first kappa shape index (κ1) is 27.7. The summed E-state index contributed by atoms with van der Waals surface area (Å²) in [5, 5.41) is 5.84. The summed E-state index contributed by atoms with van der Waals surface area (Å²) in [6.07, 6.45) is 1.34. The molecule has 3 aromatic carbocycles. The fourth-order valence-corrected chi connectivity index (χ4v) is 3.97. The Morgan fingerprint density at radius 3 is 2.41 bits per heavy atom. The van der Waals surface area contributed by atoms with E-state index in [1.54, 1.807) is 43.3 Å². The molecule has 3 aromatic rings. The molecule has 0 aliphatic carbocycles. The second kappa shape index (κ2) is 12.0. The molecule has 1 aliphatic heterocycles. The van der Waals surface area contributed by atoms with Crippen LogP contribution >= 0.6 is 23.2 Å². The Hall–Kier alpha value is -4.34. The molecule has 1 saturated heterocycles. The van der Waals surface area contributed by atoms with Crippen molar-refractivity contribution in [2.24, 2.45) is 0 Å². The van der Waals surface area contributed by atoms with Gasteiger partial charge in [0.2, 0.25) is 0 Å². The van der Waals surface area contributed by atoms with Crippen molar-refractivity contribution < 1.29 is 28.7 Å². The number of nitrogens with one attached hydrogen (secondary N) is 2. The highest BCUT2D eigenvalue weighted by atomic mass is 35.5. The number of barbiturate groups is 1. The molecule has 0 spiro atoms. The minimum atomic E-state index is -0.866. The molecular formula is C28H23Cl2N3O6. The van der Waals surface area contributed by atoms with E-state index in [-0.39, 0.29) is 23.6 Å². The lowest BCUT2D eigenvalue weighted by Crippen LogP contribution is -2.54. The van der Waals surface area contributed by atoms with Crippen molar-refractivity contribution in [2.45, 2.75) is 13.8 Å². The van der Waals surface area contributed by atoms with Gasteiger partial charge in [-0.15, -0.1) is 0 Å². The van der Waals surface area contributed by atoms with Crippen molar-refractivity contribution in [3.63, 3.8) is 0 Å². The van der Waals surface area contributed by atoms with Crippen LogP contribution in [0.25, 0.3) is 6.08 Å². The lowest BCUT2D eigenvalue weighted by Gasteiger charge is -2.26. The number of rotatable bonds is 8. The van der Waals surface area contributed by atoms with Crippen LogP contribution in [0.2, 0.25) is 10.0 Å². The van der Waals surface area contributed by atoms with Gasteiger partial charge >= 0.3 is 6.03 Å². The lowest BCUT2D eigenvalue weighted by molar-refractivity contribution is -0.122. The summed E-state index contributed by atoms with van der Waals surface area (Å²) in [7, 11) is 0. The molecule has 200 valence electrons. The van der Waals surface area contributed by atoms with E-state index in [1.807, 2.05) is 6.92 Å². The van der Waals surface area contributed by atoms with E-state index in [4.69, 9.17) is 32.7 Å². The highest BCUT2D eigenvalue weighted by Crippen LogP contribution is 2.31. The first-order valence-corrected chi connectivity index (χ1v) is 12.5. The maximum atomic E-state index is 13.1. The second-order valence-electron chi connectivity index (χ2n) is 8.37. The third kappa shape index (κ3) is 6.57. The Morgan fingerprint density at radius 2 is 1.72 bits per heavy atom. The molecule has 0 radical (unpaired) electrons. The summed E-state index contributed by atoms with van der Waals surface area (Å²) in [6.45, 7) is 3.63. The summed E-state index contributed by atoms with van der Waals surface area (Å²) in [4.78, 5) is 51.3. The zero-order chi connectivity index (χ0) is 28.1. The molecule has 9 nitrogen and oxygen atoms in total. The molecule has 1 fully saturated rings. The fourth-order valence-electron chi connectivity index (χ4n) is 3.66. The number of carbonyl (C=O) groups excluding carboxylic acids is 4. The molecule has 4 rings (SSSR count). The zero-order valence-corrected chi connectivity index (χ0v) is 22.4. The lowest BCUT2D eigenvalue weighted by atomic mass is 10.1. The topological polar surface area (TPSA) is 114 Å². The molecule has 39 heavy (non-hydrogen) atoms. The molecular weight excluding hydrogens is 545 g/mol. The Morgan fingerprint density at radius 1 is 0.974 bits per heavy atom. The smallest absolute Gasteiger partial charge is 0.335 e. The number of benzene rings is 3. The summed E-state index contributed by atoms with van der Waals surface area (Å²) in [5.41, 5.74) is 1.86. The molecule has 11 heteroatoms. The van der Waals surface area contributed by atoms with Crippen molar-refractivity contribution in [1.82, 2.24) is 5.32 Å². The average molecular weight is 568 g/mol. The summed E-state index contributed by atoms with van der Waals surface area (Å²) < 4.78 is 11.3. The average Bonchev–Trinajstić information content (AvgIpc) is 2.89. The van der Waals surface area contributed by atoms with Crippen LogP contribution in [0.4, 0.5) is 16.2 Å². The Bertz CT molecular complexity index is 1490. The van der Waals surface area contributed by atoms with E-state index in [1.165, 1.54) is 30.3 Å². The largest absolute Gasteiger partial charge is 0.490 e. The van der Waals surface area contributed by atoms with E-state index in [0.717, 1.165) is 10.5 Å². The van der Waals surface area contributed by atoms with Gasteiger partial charge < -0.3 is 14.8 Å².